The van der Waals surface area contributed by atoms with Gasteiger partial charge in [0.25, 0.3) is 0 Å². The summed E-state index contributed by atoms with van der Waals surface area (Å²) < 4.78 is 16.9. The predicted molar refractivity (Wildman–Crippen MR) is 344 cm³/mol. The Hall–Kier alpha value is -2.63. The fourth-order valence-electron chi connectivity index (χ4n) is 10.6. The molecule has 0 heterocycles. The first-order valence-electron chi connectivity index (χ1n) is 35.1. The number of rotatable bonds is 65. The molecule has 462 valence electrons. The molecule has 0 amide bonds. The summed E-state index contributed by atoms with van der Waals surface area (Å²) in [5, 5.41) is 0. The molecular weight excluding hydrogens is 973 g/mol. The monoisotopic (exact) mass is 1110 g/mol. The summed E-state index contributed by atoms with van der Waals surface area (Å²) >= 11 is 0. The second-order valence-electron chi connectivity index (χ2n) is 23.8. The summed E-state index contributed by atoms with van der Waals surface area (Å²) in [5.41, 5.74) is 0. The van der Waals surface area contributed by atoms with Gasteiger partial charge in [0.05, 0.1) is 0 Å². The Bertz CT molecular complexity index is 1360. The number of unbranched alkanes of at least 4 members (excludes halogenated alkanes) is 46. The van der Waals surface area contributed by atoms with Gasteiger partial charge in [0, 0.05) is 19.3 Å². The van der Waals surface area contributed by atoms with Crippen LogP contribution in [0, 0.1) is 0 Å². The lowest BCUT2D eigenvalue weighted by Crippen LogP contribution is -2.30. The second-order valence-corrected chi connectivity index (χ2v) is 23.8. The third-order valence-electron chi connectivity index (χ3n) is 15.9. The summed E-state index contributed by atoms with van der Waals surface area (Å²) in [6.45, 7) is 6.54. The van der Waals surface area contributed by atoms with E-state index in [4.69, 9.17) is 14.2 Å². The number of carbonyl (C=O) groups excluding carboxylic acids is 3. The minimum atomic E-state index is -0.800. The molecule has 0 spiro atoms. The van der Waals surface area contributed by atoms with Gasteiger partial charge < -0.3 is 14.2 Å². The van der Waals surface area contributed by atoms with Gasteiger partial charge in [-0.1, -0.05) is 365 Å². The van der Waals surface area contributed by atoms with Gasteiger partial charge in [-0.3, -0.25) is 14.4 Å². The number of allylic oxidation sites excluding steroid dienone is 8. The molecule has 6 heteroatoms. The van der Waals surface area contributed by atoms with E-state index >= 15 is 0 Å². The molecule has 0 aromatic heterocycles. The summed E-state index contributed by atoms with van der Waals surface area (Å²) in [6.07, 6.45) is 86.0. The molecule has 0 aliphatic rings. The van der Waals surface area contributed by atoms with E-state index in [0.29, 0.717) is 19.3 Å². The van der Waals surface area contributed by atoms with Crippen molar-refractivity contribution in [3.63, 3.8) is 0 Å². The van der Waals surface area contributed by atoms with E-state index in [2.05, 4.69) is 63.3 Å². The second kappa shape index (κ2) is 67.9. The molecular formula is C73H134O6. The molecule has 0 aromatic carbocycles. The number of hydrogen-bond acceptors (Lipinski definition) is 6. The third-order valence-corrected chi connectivity index (χ3v) is 15.9. The van der Waals surface area contributed by atoms with Crippen LogP contribution in [0.25, 0.3) is 0 Å². The van der Waals surface area contributed by atoms with Crippen LogP contribution in [0.3, 0.4) is 0 Å². The summed E-state index contributed by atoms with van der Waals surface area (Å²) in [4.78, 5) is 38.3. The molecule has 0 aliphatic heterocycles. The average Bonchev–Trinajstić information content (AvgIpc) is 3.45. The number of esters is 3. The molecule has 0 aromatic rings. The molecule has 0 rings (SSSR count). The molecule has 0 saturated carbocycles. The summed E-state index contributed by atoms with van der Waals surface area (Å²) in [6, 6.07) is 0. The Morgan fingerprint density at radius 2 is 0.494 bits per heavy atom. The van der Waals surface area contributed by atoms with Gasteiger partial charge in [-0.15, -0.1) is 0 Å². The fourth-order valence-corrected chi connectivity index (χ4v) is 10.6. The number of hydrogen-bond donors (Lipinski definition) is 0. The van der Waals surface area contributed by atoms with Crippen LogP contribution >= 0.6 is 0 Å². The highest BCUT2D eigenvalue weighted by atomic mass is 16.6. The molecule has 0 bridgehead atoms. The van der Waals surface area contributed by atoms with Crippen LogP contribution in [0.15, 0.2) is 48.6 Å². The molecule has 1 atom stereocenters. The van der Waals surface area contributed by atoms with E-state index in [1.54, 1.807) is 0 Å². The maximum Gasteiger partial charge on any atom is 0.306 e. The van der Waals surface area contributed by atoms with Gasteiger partial charge >= 0.3 is 17.9 Å². The van der Waals surface area contributed by atoms with Gasteiger partial charge in [-0.2, -0.15) is 0 Å². The van der Waals surface area contributed by atoms with Gasteiger partial charge in [0.1, 0.15) is 13.2 Å². The molecule has 0 aliphatic carbocycles. The Balaban J connectivity index is 4.23. The zero-order chi connectivity index (χ0) is 57.1. The van der Waals surface area contributed by atoms with Crippen molar-refractivity contribution in [2.24, 2.45) is 0 Å². The van der Waals surface area contributed by atoms with Crippen LogP contribution in [0.1, 0.15) is 380 Å². The number of carbonyl (C=O) groups is 3. The maximum atomic E-state index is 12.9. The molecule has 6 nitrogen and oxygen atoms in total. The minimum absolute atomic E-state index is 0.0897. The first kappa shape index (κ1) is 76.4. The molecule has 0 saturated heterocycles. The predicted octanol–water partition coefficient (Wildman–Crippen LogP) is 24.1. The van der Waals surface area contributed by atoms with Crippen LogP contribution in [0.5, 0.6) is 0 Å². The van der Waals surface area contributed by atoms with E-state index in [0.717, 1.165) is 64.2 Å². The lowest BCUT2D eigenvalue weighted by atomic mass is 10.0. The Kier molecular flexibility index (Phi) is 65.6. The van der Waals surface area contributed by atoms with Crippen LogP contribution in [-0.4, -0.2) is 37.2 Å². The quantitative estimate of drug-likeness (QED) is 0.0261. The van der Waals surface area contributed by atoms with Crippen LogP contribution in [-0.2, 0) is 28.6 Å². The highest BCUT2D eigenvalue weighted by Gasteiger charge is 2.19. The standard InChI is InChI=1S/C73H134O6/c1-4-7-10-13-16-19-22-25-27-29-31-33-34-35-36-37-38-40-41-43-45-48-51-54-57-60-63-66-72(75)78-69-70(68-77-71(74)65-62-59-56-53-50-47-24-21-18-15-12-9-6-3)79-73(76)67-64-61-58-55-52-49-46-44-42-39-32-30-28-26-23-20-17-14-11-8-5-2/h9,12,18,21,47,50,56,59,70H,4-8,10-11,13-17,19-20,22-46,48-49,51-55,57-58,60-69H2,1-3H3/b12-9-,21-18-,50-47-,59-56-. The van der Waals surface area contributed by atoms with Crippen molar-refractivity contribution >= 4 is 17.9 Å². The Morgan fingerprint density at radius 3 is 0.772 bits per heavy atom. The van der Waals surface area contributed by atoms with Crippen LogP contribution < -0.4 is 0 Å². The van der Waals surface area contributed by atoms with Crippen LogP contribution in [0.2, 0.25) is 0 Å². The SMILES string of the molecule is CC/C=C\C/C=C\C/C=C\C/C=C\CCC(=O)OCC(COC(=O)CCCCCCCCCCCCCCCCCCCCCCCCCCCCC)OC(=O)CCCCCCCCCCCCCCCCCCCCCCC. The van der Waals surface area contributed by atoms with Crippen molar-refractivity contribution in [2.45, 2.75) is 386 Å². The highest BCUT2D eigenvalue weighted by molar-refractivity contribution is 5.71. The molecule has 0 radical (unpaired) electrons. The summed E-state index contributed by atoms with van der Waals surface area (Å²) in [5.74, 6) is -0.948. The van der Waals surface area contributed by atoms with E-state index in [9.17, 15) is 14.4 Å². The zero-order valence-electron chi connectivity index (χ0n) is 53.2. The fraction of sp³-hybridized carbons (Fsp3) is 0.849. The molecule has 1 unspecified atom stereocenters. The van der Waals surface area contributed by atoms with E-state index < -0.39 is 6.10 Å². The van der Waals surface area contributed by atoms with E-state index in [1.807, 2.05) is 6.08 Å². The zero-order valence-corrected chi connectivity index (χ0v) is 53.2. The van der Waals surface area contributed by atoms with Gasteiger partial charge in [0.2, 0.25) is 0 Å². The topological polar surface area (TPSA) is 78.9 Å². The van der Waals surface area contributed by atoms with Crippen molar-refractivity contribution in [1.29, 1.82) is 0 Å². The molecule has 79 heavy (non-hydrogen) atoms. The lowest BCUT2D eigenvalue weighted by molar-refractivity contribution is -0.166. The first-order chi connectivity index (χ1) is 39.0. The van der Waals surface area contributed by atoms with Gasteiger partial charge in [-0.05, 0) is 44.9 Å². The van der Waals surface area contributed by atoms with Crippen molar-refractivity contribution in [1.82, 2.24) is 0 Å². The summed E-state index contributed by atoms with van der Waals surface area (Å²) in [7, 11) is 0. The molecule has 0 fully saturated rings. The Morgan fingerprint density at radius 1 is 0.266 bits per heavy atom. The largest absolute Gasteiger partial charge is 0.462 e. The van der Waals surface area contributed by atoms with Crippen molar-refractivity contribution in [2.75, 3.05) is 13.2 Å². The van der Waals surface area contributed by atoms with E-state index in [1.165, 1.54) is 270 Å². The van der Waals surface area contributed by atoms with Crippen LogP contribution in [0.4, 0.5) is 0 Å². The third kappa shape index (κ3) is 66.1. The lowest BCUT2D eigenvalue weighted by Gasteiger charge is -2.18. The average molecular weight is 1110 g/mol. The smallest absolute Gasteiger partial charge is 0.306 e. The van der Waals surface area contributed by atoms with E-state index in [-0.39, 0.29) is 37.5 Å². The minimum Gasteiger partial charge on any atom is -0.462 e. The van der Waals surface area contributed by atoms with Crippen molar-refractivity contribution in [3.05, 3.63) is 48.6 Å². The number of ether oxygens (including phenoxy) is 3. The highest BCUT2D eigenvalue weighted by Crippen LogP contribution is 2.19. The van der Waals surface area contributed by atoms with Crippen molar-refractivity contribution in [3.8, 4) is 0 Å². The maximum absolute atomic E-state index is 12.9. The molecule has 0 N–H and O–H groups in total. The normalized spacial score (nSPS) is 12.3. The van der Waals surface area contributed by atoms with Crippen molar-refractivity contribution < 1.29 is 28.6 Å². The van der Waals surface area contributed by atoms with Gasteiger partial charge in [0.15, 0.2) is 6.10 Å². The van der Waals surface area contributed by atoms with Gasteiger partial charge in [-0.25, -0.2) is 0 Å². The Labute approximate surface area is 492 Å². The first-order valence-corrected chi connectivity index (χ1v) is 35.1.